The van der Waals surface area contributed by atoms with Gasteiger partial charge in [0.15, 0.2) is 0 Å². The average molecular weight is 277 g/mol. The molecule has 1 aromatic carbocycles. The third kappa shape index (κ3) is 1.45. The van der Waals surface area contributed by atoms with Crippen molar-refractivity contribution in [3.8, 4) is 0 Å². The van der Waals surface area contributed by atoms with Gasteiger partial charge in [0, 0.05) is 25.8 Å². The normalized spacial score (nSPS) is 10.9. The number of nitrogens with two attached hydrogens (primary N) is 1. The van der Waals surface area contributed by atoms with Gasteiger partial charge in [-0.05, 0) is 11.6 Å². The molecule has 0 saturated carbocycles. The van der Waals surface area contributed by atoms with E-state index in [1.807, 2.05) is 17.5 Å². The van der Waals surface area contributed by atoms with Crippen molar-refractivity contribution < 1.29 is 0 Å². The number of hydrogen-bond acceptors (Lipinski definition) is 2. The summed E-state index contributed by atoms with van der Waals surface area (Å²) in [5.41, 5.74) is 7.76. The number of fused-ring (bicyclic) bond motifs is 1. The van der Waals surface area contributed by atoms with Crippen LogP contribution in [0.25, 0.3) is 10.1 Å². The van der Waals surface area contributed by atoms with Crippen molar-refractivity contribution in [3.63, 3.8) is 0 Å². The number of thiophene rings is 1. The minimum absolute atomic E-state index is 0.512. The van der Waals surface area contributed by atoms with Gasteiger partial charge in [0.1, 0.15) is 0 Å². The fourth-order valence-electron chi connectivity index (χ4n) is 1.28. The molecule has 4 heteroatoms. The van der Waals surface area contributed by atoms with Crippen molar-refractivity contribution in [2.75, 3.05) is 5.73 Å². The second kappa shape index (κ2) is 3.48. The van der Waals surface area contributed by atoms with Crippen LogP contribution < -0.4 is 5.73 Å². The number of hydrogen-bond donors (Lipinski definition) is 1. The van der Waals surface area contributed by atoms with Gasteiger partial charge in [0.2, 0.25) is 0 Å². The van der Waals surface area contributed by atoms with E-state index in [1.54, 1.807) is 11.3 Å². The van der Waals surface area contributed by atoms with E-state index in [-0.39, 0.29) is 0 Å². The molecule has 2 rings (SSSR count). The van der Waals surface area contributed by atoms with Gasteiger partial charge in [-0.1, -0.05) is 22.0 Å². The number of anilines is 1. The van der Waals surface area contributed by atoms with Crippen LogP contribution in [0.1, 0.15) is 5.56 Å². The molecule has 0 aliphatic heterocycles. The largest absolute Gasteiger partial charge is 0.398 e. The number of halogens is 2. The van der Waals surface area contributed by atoms with Gasteiger partial charge in [-0.2, -0.15) is 0 Å². The van der Waals surface area contributed by atoms with E-state index < -0.39 is 0 Å². The molecule has 0 bridgehead atoms. The Morgan fingerprint density at radius 2 is 2.23 bits per heavy atom. The highest BCUT2D eigenvalue weighted by Gasteiger charge is 2.08. The maximum Gasteiger partial charge on any atom is 0.0502 e. The average Bonchev–Trinajstić information content (AvgIpc) is 2.48. The second-order valence-corrected chi connectivity index (χ2v) is 4.73. The SMILES string of the molecule is Nc1csc2c(CCl)c(Br)ccc12. The minimum Gasteiger partial charge on any atom is -0.398 e. The maximum atomic E-state index is 5.86. The lowest BCUT2D eigenvalue weighted by Crippen LogP contribution is -1.83. The Balaban J connectivity index is 2.85. The Kier molecular flexibility index (Phi) is 2.49. The van der Waals surface area contributed by atoms with Crippen LogP contribution in [0.15, 0.2) is 22.0 Å². The molecule has 0 amide bonds. The van der Waals surface area contributed by atoms with Crippen molar-refractivity contribution in [1.82, 2.24) is 0 Å². The molecule has 0 aliphatic carbocycles. The van der Waals surface area contributed by atoms with Crippen LogP contribution in [0, 0.1) is 0 Å². The standard InChI is InChI=1S/C9H7BrClNS/c10-7-2-1-5-8(12)4-13-9(5)6(7)3-11/h1-2,4H,3,12H2. The number of benzene rings is 1. The fraction of sp³-hybridized carbons (Fsp3) is 0.111. The quantitative estimate of drug-likeness (QED) is 0.783. The van der Waals surface area contributed by atoms with Crippen molar-refractivity contribution in [2.45, 2.75) is 5.88 Å². The summed E-state index contributed by atoms with van der Waals surface area (Å²) in [5.74, 6) is 0.512. The van der Waals surface area contributed by atoms with Crippen molar-refractivity contribution in [1.29, 1.82) is 0 Å². The van der Waals surface area contributed by atoms with E-state index in [2.05, 4.69) is 15.9 Å². The summed E-state index contributed by atoms with van der Waals surface area (Å²) < 4.78 is 2.23. The van der Waals surface area contributed by atoms with E-state index in [0.717, 1.165) is 21.1 Å². The first-order chi connectivity index (χ1) is 6.24. The van der Waals surface area contributed by atoms with E-state index in [9.17, 15) is 0 Å². The Morgan fingerprint density at radius 3 is 2.92 bits per heavy atom. The molecule has 2 N–H and O–H groups in total. The summed E-state index contributed by atoms with van der Waals surface area (Å²) in [6.45, 7) is 0. The first-order valence-corrected chi connectivity index (χ1v) is 5.94. The summed E-state index contributed by atoms with van der Waals surface area (Å²) in [7, 11) is 0. The lowest BCUT2D eigenvalue weighted by atomic mass is 10.2. The van der Waals surface area contributed by atoms with Crippen molar-refractivity contribution >= 4 is 54.6 Å². The molecule has 1 aromatic heterocycles. The Hall–Kier alpha value is -0.250. The van der Waals surface area contributed by atoms with E-state index >= 15 is 0 Å². The molecule has 0 saturated heterocycles. The second-order valence-electron chi connectivity index (χ2n) is 2.73. The monoisotopic (exact) mass is 275 g/mol. The molecule has 1 nitrogen and oxygen atoms in total. The van der Waals surface area contributed by atoms with Crippen LogP contribution in [0.4, 0.5) is 5.69 Å². The van der Waals surface area contributed by atoms with Gasteiger partial charge in [0.05, 0.1) is 5.69 Å². The lowest BCUT2D eigenvalue weighted by molar-refractivity contribution is 1.43. The zero-order chi connectivity index (χ0) is 9.42. The Labute approximate surface area is 93.6 Å². The minimum atomic E-state index is 0.512. The highest BCUT2D eigenvalue weighted by atomic mass is 79.9. The Bertz CT molecular complexity index is 452. The van der Waals surface area contributed by atoms with Gasteiger partial charge < -0.3 is 5.73 Å². The van der Waals surface area contributed by atoms with Gasteiger partial charge in [0.25, 0.3) is 0 Å². The smallest absolute Gasteiger partial charge is 0.0502 e. The maximum absolute atomic E-state index is 5.86. The van der Waals surface area contributed by atoms with Crippen LogP contribution in [0.3, 0.4) is 0 Å². The molecule has 1 heterocycles. The third-order valence-corrected chi connectivity index (χ3v) is 4.04. The van der Waals surface area contributed by atoms with E-state index in [0.29, 0.717) is 5.88 Å². The molecular formula is C9H7BrClNS. The third-order valence-electron chi connectivity index (χ3n) is 1.95. The number of rotatable bonds is 1. The van der Waals surface area contributed by atoms with Gasteiger partial charge >= 0.3 is 0 Å². The summed E-state index contributed by atoms with van der Waals surface area (Å²) in [6, 6.07) is 4.00. The van der Waals surface area contributed by atoms with Crippen molar-refractivity contribution in [2.24, 2.45) is 0 Å². The molecular weight excluding hydrogens is 270 g/mol. The zero-order valence-corrected chi connectivity index (χ0v) is 9.84. The van der Waals surface area contributed by atoms with Crippen molar-refractivity contribution in [3.05, 3.63) is 27.5 Å². The predicted molar refractivity (Wildman–Crippen MR) is 63.5 cm³/mol. The summed E-state index contributed by atoms with van der Waals surface area (Å²) in [5, 5.41) is 3.05. The van der Waals surface area contributed by atoms with E-state index in [1.165, 1.54) is 4.70 Å². The number of nitrogen functional groups attached to an aromatic ring is 1. The zero-order valence-electron chi connectivity index (χ0n) is 6.68. The molecule has 13 heavy (non-hydrogen) atoms. The highest BCUT2D eigenvalue weighted by Crippen LogP contribution is 2.35. The molecule has 0 unspecified atom stereocenters. The lowest BCUT2D eigenvalue weighted by Gasteiger charge is -2.01. The van der Waals surface area contributed by atoms with Crippen LogP contribution in [-0.2, 0) is 5.88 Å². The van der Waals surface area contributed by atoms with Crippen LogP contribution >= 0.6 is 38.9 Å². The molecule has 0 spiro atoms. The summed E-state index contributed by atoms with van der Waals surface area (Å²) in [4.78, 5) is 0. The highest BCUT2D eigenvalue weighted by molar-refractivity contribution is 9.10. The summed E-state index contributed by atoms with van der Waals surface area (Å²) in [6.07, 6.45) is 0. The van der Waals surface area contributed by atoms with Crippen LogP contribution in [-0.4, -0.2) is 0 Å². The molecule has 2 aromatic rings. The molecule has 0 radical (unpaired) electrons. The number of alkyl halides is 1. The summed E-state index contributed by atoms with van der Waals surface area (Å²) >= 11 is 11.0. The van der Waals surface area contributed by atoms with E-state index in [4.69, 9.17) is 17.3 Å². The van der Waals surface area contributed by atoms with Crippen LogP contribution in [0.5, 0.6) is 0 Å². The van der Waals surface area contributed by atoms with Crippen LogP contribution in [0.2, 0.25) is 0 Å². The van der Waals surface area contributed by atoms with Gasteiger partial charge in [-0.15, -0.1) is 22.9 Å². The van der Waals surface area contributed by atoms with Gasteiger partial charge in [-0.3, -0.25) is 0 Å². The molecule has 0 atom stereocenters. The topological polar surface area (TPSA) is 26.0 Å². The molecule has 0 aliphatic rings. The molecule has 68 valence electrons. The fourth-order valence-corrected chi connectivity index (χ4v) is 3.41. The molecule has 0 fully saturated rings. The predicted octanol–water partition coefficient (Wildman–Crippen LogP) is 3.98. The first-order valence-electron chi connectivity index (χ1n) is 3.74. The Morgan fingerprint density at radius 1 is 1.46 bits per heavy atom. The first kappa shape index (κ1) is 9.31. The van der Waals surface area contributed by atoms with Gasteiger partial charge in [-0.25, -0.2) is 0 Å².